The lowest BCUT2D eigenvalue weighted by Crippen LogP contribution is -2.58. The maximum Gasteiger partial charge on any atom is 0.295 e. The molecular weight excluding hydrogens is 256 g/mol. The van der Waals surface area contributed by atoms with E-state index in [0.717, 1.165) is 12.1 Å². The Morgan fingerprint density at radius 3 is 2.68 bits per heavy atom. The van der Waals surface area contributed by atoms with Crippen molar-refractivity contribution in [2.45, 2.75) is 19.4 Å². The second kappa shape index (κ2) is 4.73. The quantitative estimate of drug-likeness (QED) is 0.660. The van der Waals surface area contributed by atoms with Gasteiger partial charge in [-0.1, -0.05) is 0 Å². The molecule has 2 rings (SSSR count). The SMILES string of the molecule is CC1(C)CNCCN1c1c([N+](=O)[O-])ccc(F)c1F. The maximum absolute atomic E-state index is 14.0. The third-order valence-corrected chi connectivity index (χ3v) is 3.31. The van der Waals surface area contributed by atoms with Gasteiger partial charge in [-0.25, -0.2) is 8.78 Å². The molecule has 0 unspecified atom stereocenters. The lowest BCUT2D eigenvalue weighted by atomic mass is 9.98. The summed E-state index contributed by atoms with van der Waals surface area (Å²) in [7, 11) is 0. The molecule has 0 spiro atoms. The predicted molar refractivity (Wildman–Crippen MR) is 67.3 cm³/mol. The number of hydrogen-bond donors (Lipinski definition) is 1. The second-order valence-electron chi connectivity index (χ2n) is 5.13. The zero-order chi connectivity index (χ0) is 14.2. The standard InChI is InChI=1S/C12H15F2N3O2/c1-12(2)7-15-5-6-16(12)11-9(17(18)19)4-3-8(13)10(11)14/h3-4,15H,5-7H2,1-2H3. The van der Waals surface area contributed by atoms with E-state index in [-0.39, 0.29) is 5.69 Å². The topological polar surface area (TPSA) is 58.4 Å². The summed E-state index contributed by atoms with van der Waals surface area (Å²) in [6.45, 7) is 5.14. The van der Waals surface area contributed by atoms with Crippen LogP contribution in [0.15, 0.2) is 12.1 Å². The zero-order valence-electron chi connectivity index (χ0n) is 10.7. The van der Waals surface area contributed by atoms with E-state index in [4.69, 9.17) is 0 Å². The van der Waals surface area contributed by atoms with Crippen molar-refractivity contribution in [2.75, 3.05) is 24.5 Å². The second-order valence-corrected chi connectivity index (χ2v) is 5.13. The van der Waals surface area contributed by atoms with Crippen LogP contribution in [0.25, 0.3) is 0 Å². The van der Waals surface area contributed by atoms with E-state index < -0.39 is 27.8 Å². The Balaban J connectivity index is 2.59. The van der Waals surface area contributed by atoms with Gasteiger partial charge in [0, 0.05) is 31.2 Å². The van der Waals surface area contributed by atoms with Gasteiger partial charge in [-0.15, -0.1) is 0 Å². The summed E-state index contributed by atoms with van der Waals surface area (Å²) in [6.07, 6.45) is 0. The van der Waals surface area contributed by atoms with Crippen LogP contribution in [-0.2, 0) is 0 Å². The molecule has 1 fully saturated rings. The molecule has 104 valence electrons. The highest BCUT2D eigenvalue weighted by Gasteiger charge is 2.36. The van der Waals surface area contributed by atoms with Crippen LogP contribution in [0.2, 0.25) is 0 Å². The van der Waals surface area contributed by atoms with Gasteiger partial charge in [-0.3, -0.25) is 10.1 Å². The van der Waals surface area contributed by atoms with Crippen molar-refractivity contribution in [3.8, 4) is 0 Å². The smallest absolute Gasteiger partial charge is 0.295 e. The Morgan fingerprint density at radius 2 is 2.11 bits per heavy atom. The van der Waals surface area contributed by atoms with Crippen LogP contribution in [0.1, 0.15) is 13.8 Å². The Bertz CT molecular complexity index is 520. The molecular formula is C12H15F2N3O2. The Hall–Kier alpha value is -1.76. The number of rotatable bonds is 2. The molecule has 5 nitrogen and oxygen atoms in total. The normalized spacial score (nSPS) is 18.4. The fraction of sp³-hybridized carbons (Fsp3) is 0.500. The van der Waals surface area contributed by atoms with Crippen molar-refractivity contribution >= 4 is 11.4 Å². The number of piperazine rings is 1. The number of anilines is 1. The van der Waals surface area contributed by atoms with Crippen LogP contribution in [0.3, 0.4) is 0 Å². The highest BCUT2D eigenvalue weighted by molar-refractivity contribution is 5.66. The third-order valence-electron chi connectivity index (χ3n) is 3.31. The average molecular weight is 271 g/mol. The fourth-order valence-corrected chi connectivity index (χ4v) is 2.33. The summed E-state index contributed by atoms with van der Waals surface area (Å²) in [5, 5.41) is 14.1. The van der Waals surface area contributed by atoms with Gasteiger partial charge >= 0.3 is 0 Å². The number of halogens is 2. The van der Waals surface area contributed by atoms with Crippen LogP contribution in [-0.4, -0.2) is 30.1 Å². The maximum atomic E-state index is 14.0. The van der Waals surface area contributed by atoms with E-state index >= 15 is 0 Å². The summed E-state index contributed by atoms with van der Waals surface area (Å²) >= 11 is 0. The minimum Gasteiger partial charge on any atom is -0.356 e. The molecule has 0 atom stereocenters. The number of nitro groups is 1. The molecule has 1 aromatic rings. The van der Waals surface area contributed by atoms with Crippen molar-refractivity contribution in [2.24, 2.45) is 0 Å². The van der Waals surface area contributed by atoms with Crippen molar-refractivity contribution in [3.63, 3.8) is 0 Å². The zero-order valence-corrected chi connectivity index (χ0v) is 10.7. The van der Waals surface area contributed by atoms with Crippen molar-refractivity contribution in [1.29, 1.82) is 0 Å². The summed E-state index contributed by atoms with van der Waals surface area (Å²) in [5.74, 6) is -2.24. The monoisotopic (exact) mass is 271 g/mol. The van der Waals surface area contributed by atoms with E-state index in [1.165, 1.54) is 0 Å². The van der Waals surface area contributed by atoms with Crippen LogP contribution in [0.5, 0.6) is 0 Å². The lowest BCUT2D eigenvalue weighted by Gasteiger charge is -2.44. The van der Waals surface area contributed by atoms with Gasteiger partial charge in [0.1, 0.15) is 0 Å². The molecule has 1 aliphatic heterocycles. The first-order chi connectivity index (χ1) is 8.84. The minimum absolute atomic E-state index is 0.267. The molecule has 1 heterocycles. The van der Waals surface area contributed by atoms with Crippen molar-refractivity contribution in [1.82, 2.24) is 5.32 Å². The van der Waals surface area contributed by atoms with E-state index in [0.29, 0.717) is 19.6 Å². The van der Waals surface area contributed by atoms with Crippen molar-refractivity contribution < 1.29 is 13.7 Å². The first kappa shape index (κ1) is 13.7. The van der Waals surface area contributed by atoms with Crippen LogP contribution >= 0.6 is 0 Å². The Labute approximate surface area is 109 Å². The van der Waals surface area contributed by atoms with Gasteiger partial charge in [-0.05, 0) is 19.9 Å². The molecule has 0 amide bonds. The van der Waals surface area contributed by atoms with E-state index in [1.807, 2.05) is 13.8 Å². The Morgan fingerprint density at radius 1 is 1.42 bits per heavy atom. The first-order valence-electron chi connectivity index (χ1n) is 5.95. The summed E-state index contributed by atoms with van der Waals surface area (Å²) < 4.78 is 27.4. The highest BCUT2D eigenvalue weighted by Crippen LogP contribution is 2.36. The molecule has 0 aliphatic carbocycles. The molecule has 1 N–H and O–H groups in total. The highest BCUT2D eigenvalue weighted by atomic mass is 19.2. The molecule has 0 saturated carbocycles. The van der Waals surface area contributed by atoms with Gasteiger partial charge in [-0.2, -0.15) is 0 Å². The van der Waals surface area contributed by atoms with E-state index in [1.54, 1.807) is 4.90 Å². The first-order valence-corrected chi connectivity index (χ1v) is 5.95. The molecule has 1 saturated heterocycles. The molecule has 7 heteroatoms. The predicted octanol–water partition coefficient (Wildman–Crippen LogP) is 2.06. The summed E-state index contributed by atoms with van der Waals surface area (Å²) in [6, 6.07) is 1.79. The van der Waals surface area contributed by atoms with Gasteiger partial charge < -0.3 is 10.2 Å². The molecule has 19 heavy (non-hydrogen) atoms. The summed E-state index contributed by atoms with van der Waals surface area (Å²) in [4.78, 5) is 11.9. The number of benzene rings is 1. The molecule has 0 aromatic heterocycles. The number of nitrogens with one attached hydrogen (secondary N) is 1. The van der Waals surface area contributed by atoms with Crippen LogP contribution in [0, 0.1) is 21.7 Å². The molecule has 1 aromatic carbocycles. The largest absolute Gasteiger partial charge is 0.356 e. The van der Waals surface area contributed by atoms with Gasteiger partial charge in [0.15, 0.2) is 17.3 Å². The average Bonchev–Trinajstić information content (AvgIpc) is 2.32. The van der Waals surface area contributed by atoms with Crippen LogP contribution < -0.4 is 10.2 Å². The third kappa shape index (κ3) is 2.37. The Kier molecular flexibility index (Phi) is 3.40. The minimum atomic E-state index is -1.16. The van der Waals surface area contributed by atoms with E-state index in [9.17, 15) is 18.9 Å². The summed E-state index contributed by atoms with van der Waals surface area (Å²) in [5.41, 5.74) is -1.21. The number of nitro benzene ring substituents is 1. The molecule has 0 bridgehead atoms. The van der Waals surface area contributed by atoms with Gasteiger partial charge in [0.25, 0.3) is 5.69 Å². The molecule has 0 radical (unpaired) electrons. The van der Waals surface area contributed by atoms with Crippen molar-refractivity contribution in [3.05, 3.63) is 33.9 Å². The number of nitrogens with zero attached hydrogens (tertiary/aromatic N) is 2. The number of hydrogen-bond acceptors (Lipinski definition) is 4. The van der Waals surface area contributed by atoms with Gasteiger partial charge in [0.2, 0.25) is 0 Å². The van der Waals surface area contributed by atoms with Crippen LogP contribution in [0.4, 0.5) is 20.2 Å². The molecule has 1 aliphatic rings. The van der Waals surface area contributed by atoms with Gasteiger partial charge in [0.05, 0.1) is 4.92 Å². The van der Waals surface area contributed by atoms with E-state index in [2.05, 4.69) is 5.32 Å². The fourth-order valence-electron chi connectivity index (χ4n) is 2.33. The lowest BCUT2D eigenvalue weighted by molar-refractivity contribution is -0.384.